The van der Waals surface area contributed by atoms with Crippen molar-refractivity contribution in [3.63, 3.8) is 0 Å². The lowest BCUT2D eigenvalue weighted by atomic mass is 9.93. The highest BCUT2D eigenvalue weighted by atomic mass is 19.1. The van der Waals surface area contributed by atoms with Crippen LogP contribution < -0.4 is 0 Å². The Kier molecular flexibility index (Phi) is 3.98. The van der Waals surface area contributed by atoms with E-state index >= 15 is 0 Å². The lowest BCUT2D eigenvalue weighted by Gasteiger charge is -2.32. The maximum atomic E-state index is 13.1. The van der Waals surface area contributed by atoms with Crippen molar-refractivity contribution in [2.45, 2.75) is 50.0 Å². The Balaban J connectivity index is 1.84. The van der Waals surface area contributed by atoms with E-state index in [4.69, 9.17) is 0 Å². The van der Waals surface area contributed by atoms with Crippen molar-refractivity contribution in [1.29, 1.82) is 0 Å². The fraction of sp³-hybridized carbons (Fsp3) is 0.588. The molecule has 0 spiro atoms. The van der Waals surface area contributed by atoms with E-state index in [-0.39, 0.29) is 24.4 Å². The van der Waals surface area contributed by atoms with Gasteiger partial charge in [0.2, 0.25) is 5.91 Å². The molecule has 3 rings (SSSR count). The summed E-state index contributed by atoms with van der Waals surface area (Å²) in [5.41, 5.74) is 0.445. The number of nitrogens with zero attached hydrogens (tertiary/aromatic N) is 1. The molecule has 3 nitrogen and oxygen atoms in total. The number of rotatable bonds is 3. The standard InChI is InChI=1S/C17H22FNO2/c18-14-7-5-13(6-8-14)17(9-10-17)16(21)19-11-3-1-2-4-15(19)12-20/h5-8,15,20H,1-4,9-12H2. The summed E-state index contributed by atoms with van der Waals surface area (Å²) in [6.07, 6.45) is 5.71. The molecular weight excluding hydrogens is 269 g/mol. The van der Waals surface area contributed by atoms with Gasteiger partial charge in [0.15, 0.2) is 0 Å². The number of likely N-dealkylation sites (tertiary alicyclic amines) is 1. The van der Waals surface area contributed by atoms with Crippen molar-refractivity contribution in [3.05, 3.63) is 35.6 Å². The Labute approximate surface area is 124 Å². The molecule has 1 N–H and O–H groups in total. The van der Waals surface area contributed by atoms with Gasteiger partial charge in [0.05, 0.1) is 18.1 Å². The van der Waals surface area contributed by atoms with E-state index in [2.05, 4.69) is 0 Å². The van der Waals surface area contributed by atoms with E-state index in [0.717, 1.165) is 50.6 Å². The second-order valence-corrected chi connectivity index (χ2v) is 6.27. The van der Waals surface area contributed by atoms with E-state index in [1.54, 1.807) is 12.1 Å². The van der Waals surface area contributed by atoms with Crippen molar-refractivity contribution in [2.75, 3.05) is 13.2 Å². The molecule has 0 aromatic heterocycles. The predicted octanol–water partition coefficient (Wildman–Crippen LogP) is 2.62. The molecule has 21 heavy (non-hydrogen) atoms. The first-order chi connectivity index (χ1) is 10.2. The zero-order chi connectivity index (χ0) is 14.9. The monoisotopic (exact) mass is 291 g/mol. The molecule has 0 bridgehead atoms. The van der Waals surface area contributed by atoms with Gasteiger partial charge in [-0.05, 0) is 43.4 Å². The number of hydrogen-bond acceptors (Lipinski definition) is 2. The van der Waals surface area contributed by atoms with Gasteiger partial charge in [-0.25, -0.2) is 4.39 Å². The molecule has 114 valence electrons. The van der Waals surface area contributed by atoms with Gasteiger partial charge >= 0.3 is 0 Å². The molecule has 1 saturated carbocycles. The van der Waals surface area contributed by atoms with Gasteiger partial charge in [0.25, 0.3) is 0 Å². The number of halogens is 1. The molecule has 1 aromatic carbocycles. The normalized spacial score (nSPS) is 24.5. The van der Waals surface area contributed by atoms with Crippen LogP contribution in [0.4, 0.5) is 4.39 Å². The van der Waals surface area contributed by atoms with Gasteiger partial charge < -0.3 is 10.0 Å². The quantitative estimate of drug-likeness (QED) is 0.930. The average Bonchev–Trinajstić information content (AvgIpc) is 3.31. The summed E-state index contributed by atoms with van der Waals surface area (Å²) >= 11 is 0. The van der Waals surface area contributed by atoms with Gasteiger partial charge in [0.1, 0.15) is 5.82 Å². The minimum atomic E-state index is -0.467. The van der Waals surface area contributed by atoms with E-state index < -0.39 is 5.41 Å². The predicted molar refractivity (Wildman–Crippen MR) is 78.4 cm³/mol. The largest absolute Gasteiger partial charge is 0.394 e. The molecule has 1 aliphatic heterocycles. The Hall–Kier alpha value is -1.42. The van der Waals surface area contributed by atoms with Crippen LogP contribution in [0.3, 0.4) is 0 Å². The third kappa shape index (κ3) is 2.69. The van der Waals surface area contributed by atoms with Crippen LogP contribution >= 0.6 is 0 Å². The highest BCUT2D eigenvalue weighted by Gasteiger charge is 2.53. The second kappa shape index (κ2) is 5.76. The topological polar surface area (TPSA) is 40.5 Å². The Bertz CT molecular complexity index is 510. The third-order valence-electron chi connectivity index (χ3n) is 4.90. The Morgan fingerprint density at radius 2 is 1.95 bits per heavy atom. The van der Waals surface area contributed by atoms with Crippen LogP contribution in [-0.2, 0) is 10.2 Å². The molecule has 2 fully saturated rings. The molecule has 1 aliphatic carbocycles. The van der Waals surface area contributed by atoms with Crippen LogP contribution in [0.15, 0.2) is 24.3 Å². The van der Waals surface area contributed by atoms with Crippen molar-refractivity contribution in [3.8, 4) is 0 Å². The van der Waals surface area contributed by atoms with Crippen molar-refractivity contribution in [2.24, 2.45) is 0 Å². The zero-order valence-electron chi connectivity index (χ0n) is 12.2. The Morgan fingerprint density at radius 3 is 2.57 bits per heavy atom. The molecule has 4 heteroatoms. The summed E-state index contributed by atoms with van der Waals surface area (Å²) in [4.78, 5) is 14.9. The average molecular weight is 291 g/mol. The number of hydrogen-bond donors (Lipinski definition) is 1. The number of benzene rings is 1. The van der Waals surface area contributed by atoms with Crippen LogP contribution in [0.25, 0.3) is 0 Å². The molecule has 1 atom stereocenters. The molecule has 1 saturated heterocycles. The zero-order valence-corrected chi connectivity index (χ0v) is 12.2. The van der Waals surface area contributed by atoms with Gasteiger partial charge in [-0.2, -0.15) is 0 Å². The van der Waals surface area contributed by atoms with Crippen molar-refractivity contribution in [1.82, 2.24) is 4.90 Å². The van der Waals surface area contributed by atoms with E-state index in [1.165, 1.54) is 12.1 Å². The fourth-order valence-electron chi connectivity index (χ4n) is 3.43. The van der Waals surface area contributed by atoms with Crippen LogP contribution in [0, 0.1) is 5.82 Å². The van der Waals surface area contributed by atoms with E-state index in [0.29, 0.717) is 0 Å². The molecule has 1 aromatic rings. The number of aliphatic hydroxyl groups excluding tert-OH is 1. The third-order valence-corrected chi connectivity index (χ3v) is 4.90. The SMILES string of the molecule is O=C(N1CCCCCC1CO)C1(c2ccc(F)cc2)CC1. The smallest absolute Gasteiger partial charge is 0.233 e. The minimum absolute atomic E-state index is 0.0330. The first-order valence-electron chi connectivity index (χ1n) is 7.85. The highest BCUT2D eigenvalue weighted by molar-refractivity contribution is 5.91. The molecule has 1 unspecified atom stereocenters. The van der Waals surface area contributed by atoms with Crippen LogP contribution in [0.1, 0.15) is 44.1 Å². The van der Waals surface area contributed by atoms with Crippen LogP contribution in [-0.4, -0.2) is 35.1 Å². The Morgan fingerprint density at radius 1 is 1.24 bits per heavy atom. The first-order valence-corrected chi connectivity index (χ1v) is 7.85. The van der Waals surface area contributed by atoms with Crippen molar-refractivity contribution < 1.29 is 14.3 Å². The van der Waals surface area contributed by atoms with E-state index in [9.17, 15) is 14.3 Å². The number of carbonyl (C=O) groups excluding carboxylic acids is 1. The lowest BCUT2D eigenvalue weighted by Crippen LogP contribution is -2.47. The number of aliphatic hydroxyl groups is 1. The maximum absolute atomic E-state index is 13.1. The summed E-state index contributed by atoms with van der Waals surface area (Å²) in [6, 6.07) is 6.25. The van der Waals surface area contributed by atoms with Crippen LogP contribution in [0.5, 0.6) is 0 Å². The van der Waals surface area contributed by atoms with E-state index in [1.807, 2.05) is 4.90 Å². The first kappa shape index (κ1) is 14.5. The molecule has 1 heterocycles. The summed E-state index contributed by atoms with van der Waals surface area (Å²) in [5.74, 6) is -0.153. The summed E-state index contributed by atoms with van der Waals surface area (Å²) < 4.78 is 13.1. The van der Waals surface area contributed by atoms with Gasteiger partial charge in [-0.3, -0.25) is 4.79 Å². The number of amides is 1. The van der Waals surface area contributed by atoms with Crippen LogP contribution in [0.2, 0.25) is 0 Å². The maximum Gasteiger partial charge on any atom is 0.233 e. The summed E-state index contributed by atoms with van der Waals surface area (Å²) in [5, 5.41) is 9.58. The van der Waals surface area contributed by atoms with Gasteiger partial charge in [-0.15, -0.1) is 0 Å². The summed E-state index contributed by atoms with van der Waals surface area (Å²) in [7, 11) is 0. The second-order valence-electron chi connectivity index (χ2n) is 6.27. The number of carbonyl (C=O) groups is 1. The van der Waals surface area contributed by atoms with Crippen molar-refractivity contribution >= 4 is 5.91 Å². The summed E-state index contributed by atoms with van der Waals surface area (Å²) in [6.45, 7) is 0.762. The highest BCUT2D eigenvalue weighted by Crippen LogP contribution is 2.50. The molecule has 0 radical (unpaired) electrons. The van der Waals surface area contributed by atoms with Gasteiger partial charge in [0, 0.05) is 6.54 Å². The molecule has 2 aliphatic rings. The van der Waals surface area contributed by atoms with Gasteiger partial charge in [-0.1, -0.05) is 25.0 Å². The minimum Gasteiger partial charge on any atom is -0.394 e. The molecular formula is C17H22FNO2. The lowest BCUT2D eigenvalue weighted by molar-refractivity contribution is -0.137. The fourth-order valence-corrected chi connectivity index (χ4v) is 3.43. The molecule has 1 amide bonds.